The van der Waals surface area contributed by atoms with E-state index in [9.17, 15) is 5.11 Å². The minimum atomic E-state index is -0.400. The highest BCUT2D eigenvalue weighted by atomic mass is 16.3. The van der Waals surface area contributed by atoms with E-state index in [2.05, 4.69) is 17.1 Å². The van der Waals surface area contributed by atoms with Crippen LogP contribution in [-0.2, 0) is 0 Å². The molecular formula is C15H30N2O. The normalized spacial score (nSPS) is 28.5. The summed E-state index contributed by atoms with van der Waals surface area (Å²) in [4.78, 5) is 2.45. The molecule has 0 aromatic heterocycles. The molecule has 1 saturated heterocycles. The molecule has 1 saturated carbocycles. The van der Waals surface area contributed by atoms with Gasteiger partial charge >= 0.3 is 0 Å². The van der Waals surface area contributed by atoms with Crippen LogP contribution in [0, 0.1) is 0 Å². The van der Waals surface area contributed by atoms with E-state index in [0.29, 0.717) is 6.04 Å². The fourth-order valence-electron chi connectivity index (χ4n) is 3.48. The molecule has 3 nitrogen and oxygen atoms in total. The van der Waals surface area contributed by atoms with Crippen molar-refractivity contribution in [3.05, 3.63) is 0 Å². The number of piperidine rings is 1. The van der Waals surface area contributed by atoms with Gasteiger partial charge < -0.3 is 10.4 Å². The lowest BCUT2D eigenvalue weighted by Gasteiger charge is -2.38. The maximum atomic E-state index is 10.6. The minimum absolute atomic E-state index is 0.400. The monoisotopic (exact) mass is 254 g/mol. The highest BCUT2D eigenvalue weighted by molar-refractivity contribution is 4.87. The van der Waals surface area contributed by atoms with Gasteiger partial charge in [-0.3, -0.25) is 4.90 Å². The molecule has 1 unspecified atom stereocenters. The van der Waals surface area contributed by atoms with Gasteiger partial charge in [-0.1, -0.05) is 32.6 Å². The molecule has 1 heterocycles. The van der Waals surface area contributed by atoms with Crippen LogP contribution in [0.4, 0.5) is 0 Å². The number of nitrogens with one attached hydrogen (secondary N) is 1. The summed E-state index contributed by atoms with van der Waals surface area (Å²) < 4.78 is 0. The lowest BCUT2D eigenvalue weighted by Crippen LogP contribution is -2.49. The van der Waals surface area contributed by atoms with Gasteiger partial charge in [-0.2, -0.15) is 0 Å². The van der Waals surface area contributed by atoms with Crippen molar-refractivity contribution < 1.29 is 5.11 Å². The average Bonchev–Trinajstić information content (AvgIpc) is 2.40. The van der Waals surface area contributed by atoms with Gasteiger partial charge in [-0.15, -0.1) is 0 Å². The molecule has 2 fully saturated rings. The van der Waals surface area contributed by atoms with Crippen molar-refractivity contribution in [2.75, 3.05) is 26.2 Å². The Bertz CT molecular complexity index is 233. The Morgan fingerprint density at radius 1 is 1.17 bits per heavy atom. The van der Waals surface area contributed by atoms with E-state index in [1.807, 2.05) is 0 Å². The molecule has 3 heteroatoms. The summed E-state index contributed by atoms with van der Waals surface area (Å²) in [6.45, 7) is 6.43. The van der Waals surface area contributed by atoms with Crippen molar-refractivity contribution in [3.8, 4) is 0 Å². The Kier molecular flexibility index (Phi) is 5.46. The first-order valence-electron chi connectivity index (χ1n) is 7.90. The van der Waals surface area contributed by atoms with Gasteiger partial charge in [0, 0.05) is 19.1 Å². The van der Waals surface area contributed by atoms with Crippen molar-refractivity contribution in [2.45, 2.75) is 69.9 Å². The summed E-state index contributed by atoms with van der Waals surface area (Å²) in [5.74, 6) is 0. The van der Waals surface area contributed by atoms with Crippen molar-refractivity contribution >= 4 is 0 Å². The highest BCUT2D eigenvalue weighted by Crippen LogP contribution is 2.29. The van der Waals surface area contributed by atoms with E-state index in [1.165, 1.54) is 45.1 Å². The molecule has 0 radical (unpaired) electrons. The standard InChI is InChI=1S/C15H30N2O/c1-2-17(12-14-8-4-7-11-16-14)13-15(18)9-5-3-6-10-15/h14,16,18H,2-13H2,1H3. The third kappa shape index (κ3) is 4.22. The van der Waals surface area contributed by atoms with Gasteiger partial charge in [0.15, 0.2) is 0 Å². The largest absolute Gasteiger partial charge is 0.389 e. The fourth-order valence-corrected chi connectivity index (χ4v) is 3.48. The molecule has 2 aliphatic rings. The molecule has 106 valence electrons. The Morgan fingerprint density at radius 2 is 1.94 bits per heavy atom. The van der Waals surface area contributed by atoms with E-state index >= 15 is 0 Å². The maximum Gasteiger partial charge on any atom is 0.0774 e. The Labute approximate surface area is 112 Å². The first kappa shape index (κ1) is 14.3. The van der Waals surface area contributed by atoms with Crippen molar-refractivity contribution in [3.63, 3.8) is 0 Å². The molecule has 0 aromatic carbocycles. The first-order valence-corrected chi connectivity index (χ1v) is 7.90. The van der Waals surface area contributed by atoms with Crippen molar-refractivity contribution in [1.29, 1.82) is 0 Å². The van der Waals surface area contributed by atoms with Crippen LogP contribution in [0.5, 0.6) is 0 Å². The molecule has 1 aliphatic carbocycles. The van der Waals surface area contributed by atoms with E-state index in [0.717, 1.165) is 32.5 Å². The van der Waals surface area contributed by atoms with Crippen LogP contribution in [0.2, 0.25) is 0 Å². The second-order valence-electron chi connectivity index (χ2n) is 6.26. The quantitative estimate of drug-likeness (QED) is 0.789. The number of rotatable bonds is 5. The zero-order valence-corrected chi connectivity index (χ0v) is 12.0. The Morgan fingerprint density at radius 3 is 2.56 bits per heavy atom. The smallest absolute Gasteiger partial charge is 0.0774 e. The summed E-state index contributed by atoms with van der Waals surface area (Å²) in [5, 5.41) is 14.3. The van der Waals surface area contributed by atoms with Gasteiger partial charge in [0.1, 0.15) is 0 Å². The van der Waals surface area contributed by atoms with Crippen LogP contribution in [0.15, 0.2) is 0 Å². The molecular weight excluding hydrogens is 224 g/mol. The summed E-state index contributed by atoms with van der Waals surface area (Å²) in [6.07, 6.45) is 9.70. The van der Waals surface area contributed by atoms with E-state index in [1.54, 1.807) is 0 Å². The van der Waals surface area contributed by atoms with Crippen molar-refractivity contribution in [2.24, 2.45) is 0 Å². The van der Waals surface area contributed by atoms with Gasteiger partial charge in [0.25, 0.3) is 0 Å². The second kappa shape index (κ2) is 6.88. The minimum Gasteiger partial charge on any atom is -0.389 e. The molecule has 1 atom stereocenters. The van der Waals surface area contributed by atoms with Gasteiger partial charge in [-0.05, 0) is 38.8 Å². The van der Waals surface area contributed by atoms with Gasteiger partial charge in [0.2, 0.25) is 0 Å². The summed E-state index contributed by atoms with van der Waals surface area (Å²) in [7, 11) is 0. The molecule has 1 aliphatic heterocycles. The van der Waals surface area contributed by atoms with Crippen LogP contribution in [0.1, 0.15) is 58.3 Å². The second-order valence-corrected chi connectivity index (χ2v) is 6.26. The number of likely N-dealkylation sites (N-methyl/N-ethyl adjacent to an activating group) is 1. The summed E-state index contributed by atoms with van der Waals surface area (Å²) in [6, 6.07) is 0.644. The van der Waals surface area contributed by atoms with E-state index in [-0.39, 0.29) is 0 Å². The highest BCUT2D eigenvalue weighted by Gasteiger charge is 2.31. The molecule has 2 N–H and O–H groups in total. The molecule has 18 heavy (non-hydrogen) atoms. The van der Waals surface area contributed by atoms with E-state index in [4.69, 9.17) is 0 Å². The third-order valence-electron chi connectivity index (χ3n) is 4.64. The topological polar surface area (TPSA) is 35.5 Å². The average molecular weight is 254 g/mol. The van der Waals surface area contributed by atoms with Gasteiger partial charge in [-0.25, -0.2) is 0 Å². The molecule has 2 rings (SSSR count). The Balaban J connectivity index is 1.80. The molecule has 0 bridgehead atoms. The fraction of sp³-hybridized carbons (Fsp3) is 1.00. The summed E-state index contributed by atoms with van der Waals surface area (Å²) in [5.41, 5.74) is -0.400. The Hall–Kier alpha value is -0.120. The predicted octanol–water partition coefficient (Wildman–Crippen LogP) is 2.15. The van der Waals surface area contributed by atoms with Crippen molar-refractivity contribution in [1.82, 2.24) is 10.2 Å². The molecule has 0 amide bonds. The zero-order chi connectivity index (χ0) is 12.8. The SMILES string of the molecule is CCN(CC1CCCCN1)CC1(O)CCCCC1. The number of aliphatic hydroxyl groups is 1. The first-order chi connectivity index (χ1) is 8.72. The zero-order valence-electron chi connectivity index (χ0n) is 12.0. The lowest BCUT2D eigenvalue weighted by atomic mass is 9.84. The maximum absolute atomic E-state index is 10.6. The number of nitrogens with zero attached hydrogens (tertiary/aromatic N) is 1. The van der Waals surface area contributed by atoms with Crippen LogP contribution in [0.25, 0.3) is 0 Å². The van der Waals surface area contributed by atoms with Crippen LogP contribution in [-0.4, -0.2) is 47.8 Å². The molecule has 0 aromatic rings. The van der Waals surface area contributed by atoms with E-state index < -0.39 is 5.60 Å². The summed E-state index contributed by atoms with van der Waals surface area (Å²) >= 11 is 0. The number of hydrogen-bond acceptors (Lipinski definition) is 3. The van der Waals surface area contributed by atoms with Gasteiger partial charge in [0.05, 0.1) is 5.60 Å². The van der Waals surface area contributed by atoms with Crippen LogP contribution >= 0.6 is 0 Å². The number of hydrogen-bond donors (Lipinski definition) is 2. The lowest BCUT2D eigenvalue weighted by molar-refractivity contribution is -0.0272. The van der Waals surface area contributed by atoms with Crippen LogP contribution in [0.3, 0.4) is 0 Å². The third-order valence-corrected chi connectivity index (χ3v) is 4.64. The predicted molar refractivity (Wildman–Crippen MR) is 75.8 cm³/mol. The van der Waals surface area contributed by atoms with Crippen LogP contribution < -0.4 is 5.32 Å². The molecule has 0 spiro atoms.